The molecule has 7 nitrogen and oxygen atoms in total. The lowest BCUT2D eigenvalue weighted by Gasteiger charge is -2.17. The summed E-state index contributed by atoms with van der Waals surface area (Å²) in [6.45, 7) is 4.09. The molecule has 0 atom stereocenters. The van der Waals surface area contributed by atoms with Gasteiger partial charge in [-0.15, -0.1) is 0 Å². The number of aryl methyl sites for hydroxylation is 1. The molecule has 0 unspecified atom stereocenters. The molecule has 1 N–H and O–H groups in total. The molecule has 0 spiro atoms. The molecule has 0 saturated carbocycles. The number of hydrogen-bond donors (Lipinski definition) is 1. The second-order valence-corrected chi connectivity index (χ2v) is 7.77. The van der Waals surface area contributed by atoms with Gasteiger partial charge in [-0.05, 0) is 61.9 Å². The number of halogens is 1. The third kappa shape index (κ3) is 4.51. The zero-order valence-electron chi connectivity index (χ0n) is 18.5. The smallest absolute Gasteiger partial charge is 0.343 e. The minimum Gasteiger partial charge on any atom is -0.490 e. The second kappa shape index (κ2) is 9.80. The number of para-hydroxylation sites is 3. The van der Waals surface area contributed by atoms with E-state index in [1.165, 1.54) is 0 Å². The monoisotopic (exact) mass is 476 g/mol. The number of esters is 1. The first-order valence-electron chi connectivity index (χ1n) is 10.6. The van der Waals surface area contributed by atoms with Crippen LogP contribution in [0.25, 0.3) is 0 Å². The second-order valence-electron chi connectivity index (χ2n) is 7.39. The van der Waals surface area contributed by atoms with Crippen LogP contribution in [0, 0.1) is 6.92 Å². The standard InChI is InChI=1S/C26H21ClN2O5/c1-3-33-20-10-6-7-11-21(20)34-26(32)17-12-14-18(15-13-17)28-23-22(27)24(30)29(25(23)31)19-9-5-4-8-16(19)2/h4-15,28H,3H2,1-2H3. The quantitative estimate of drug-likeness (QED) is 0.292. The lowest BCUT2D eigenvalue weighted by atomic mass is 10.2. The van der Waals surface area contributed by atoms with E-state index in [0.717, 1.165) is 10.5 Å². The molecule has 1 aliphatic rings. The number of benzene rings is 3. The summed E-state index contributed by atoms with van der Waals surface area (Å²) in [5, 5.41) is 2.69. The molecular weight excluding hydrogens is 456 g/mol. The van der Waals surface area contributed by atoms with Crippen LogP contribution in [0.5, 0.6) is 11.5 Å². The molecule has 172 valence electrons. The number of anilines is 2. The Hall–Kier alpha value is -4.10. The van der Waals surface area contributed by atoms with Crippen LogP contribution in [-0.4, -0.2) is 24.4 Å². The van der Waals surface area contributed by atoms with Crippen LogP contribution in [0.1, 0.15) is 22.8 Å². The van der Waals surface area contributed by atoms with E-state index < -0.39 is 17.8 Å². The molecular formula is C26H21ClN2O5. The van der Waals surface area contributed by atoms with Gasteiger partial charge in [0.15, 0.2) is 11.5 Å². The van der Waals surface area contributed by atoms with Gasteiger partial charge in [-0.2, -0.15) is 0 Å². The molecule has 3 aromatic rings. The molecule has 0 aliphatic carbocycles. The molecule has 0 fully saturated rings. The van der Waals surface area contributed by atoms with Crippen LogP contribution < -0.4 is 19.7 Å². The fourth-order valence-electron chi connectivity index (χ4n) is 3.45. The lowest BCUT2D eigenvalue weighted by Crippen LogP contribution is -2.32. The minimum absolute atomic E-state index is 0.0316. The predicted octanol–water partition coefficient (Wildman–Crippen LogP) is 5.05. The van der Waals surface area contributed by atoms with Crippen molar-refractivity contribution in [1.29, 1.82) is 0 Å². The van der Waals surface area contributed by atoms with Gasteiger partial charge in [-0.25, -0.2) is 9.69 Å². The molecule has 0 radical (unpaired) electrons. The van der Waals surface area contributed by atoms with Gasteiger partial charge >= 0.3 is 5.97 Å². The van der Waals surface area contributed by atoms with E-state index in [4.69, 9.17) is 21.1 Å². The van der Waals surface area contributed by atoms with E-state index in [1.807, 2.05) is 13.0 Å². The summed E-state index contributed by atoms with van der Waals surface area (Å²) in [5.41, 5.74) is 1.98. The van der Waals surface area contributed by atoms with E-state index in [2.05, 4.69) is 5.32 Å². The highest BCUT2D eigenvalue weighted by molar-refractivity contribution is 6.53. The summed E-state index contributed by atoms with van der Waals surface area (Å²) < 4.78 is 10.9. The van der Waals surface area contributed by atoms with Crippen molar-refractivity contribution in [2.24, 2.45) is 0 Å². The fraction of sp³-hybridized carbons (Fsp3) is 0.115. The fourth-order valence-corrected chi connectivity index (χ4v) is 3.66. The van der Waals surface area contributed by atoms with Crippen LogP contribution >= 0.6 is 11.6 Å². The summed E-state index contributed by atoms with van der Waals surface area (Å²) in [4.78, 5) is 39.2. The Bertz CT molecular complexity index is 1300. The summed E-state index contributed by atoms with van der Waals surface area (Å²) in [5.74, 6) is -0.925. The molecule has 4 rings (SSSR count). The topological polar surface area (TPSA) is 84.9 Å². The van der Waals surface area contributed by atoms with Crippen molar-refractivity contribution in [1.82, 2.24) is 0 Å². The maximum Gasteiger partial charge on any atom is 0.343 e. The molecule has 0 bridgehead atoms. The van der Waals surface area contributed by atoms with Crippen molar-refractivity contribution >= 4 is 40.8 Å². The van der Waals surface area contributed by atoms with Crippen molar-refractivity contribution in [3.05, 3.63) is 94.7 Å². The summed E-state index contributed by atoms with van der Waals surface area (Å²) in [7, 11) is 0. The highest BCUT2D eigenvalue weighted by Crippen LogP contribution is 2.32. The van der Waals surface area contributed by atoms with Gasteiger partial charge in [0.05, 0.1) is 17.9 Å². The first-order chi connectivity index (χ1) is 16.4. The van der Waals surface area contributed by atoms with Crippen molar-refractivity contribution in [2.45, 2.75) is 13.8 Å². The van der Waals surface area contributed by atoms with Crippen molar-refractivity contribution in [3.63, 3.8) is 0 Å². The van der Waals surface area contributed by atoms with E-state index in [9.17, 15) is 14.4 Å². The van der Waals surface area contributed by atoms with E-state index in [-0.39, 0.29) is 10.7 Å². The summed E-state index contributed by atoms with van der Waals surface area (Å²) in [6, 6.07) is 20.2. The Balaban J connectivity index is 1.49. The van der Waals surface area contributed by atoms with Crippen LogP contribution in [-0.2, 0) is 9.59 Å². The number of rotatable bonds is 7. The molecule has 34 heavy (non-hydrogen) atoms. The molecule has 0 aromatic heterocycles. The van der Waals surface area contributed by atoms with Crippen LogP contribution in [0.4, 0.5) is 11.4 Å². The molecule has 0 saturated heterocycles. The van der Waals surface area contributed by atoms with Crippen molar-refractivity contribution in [2.75, 3.05) is 16.8 Å². The van der Waals surface area contributed by atoms with Crippen LogP contribution in [0.3, 0.4) is 0 Å². The Kier molecular flexibility index (Phi) is 6.65. The molecule has 8 heteroatoms. The zero-order chi connectivity index (χ0) is 24.2. The third-order valence-corrected chi connectivity index (χ3v) is 5.48. The number of imide groups is 1. The van der Waals surface area contributed by atoms with Gasteiger partial charge in [-0.3, -0.25) is 9.59 Å². The highest BCUT2D eigenvalue weighted by atomic mass is 35.5. The maximum absolute atomic E-state index is 13.0. The molecule has 1 heterocycles. The Labute approximate surface area is 201 Å². The lowest BCUT2D eigenvalue weighted by molar-refractivity contribution is -0.120. The average Bonchev–Trinajstić information content (AvgIpc) is 3.04. The Morgan fingerprint density at radius 2 is 1.56 bits per heavy atom. The van der Waals surface area contributed by atoms with Crippen molar-refractivity contribution in [3.8, 4) is 11.5 Å². The molecule has 3 aromatic carbocycles. The third-order valence-electron chi connectivity index (χ3n) is 5.13. The first-order valence-corrected chi connectivity index (χ1v) is 10.9. The number of nitrogens with one attached hydrogen (secondary N) is 1. The number of ether oxygens (including phenoxy) is 2. The number of carbonyl (C=O) groups excluding carboxylic acids is 3. The predicted molar refractivity (Wildman–Crippen MR) is 129 cm³/mol. The van der Waals surface area contributed by atoms with Gasteiger partial charge < -0.3 is 14.8 Å². The molecule has 1 aliphatic heterocycles. The first kappa shape index (κ1) is 23.1. The normalized spacial score (nSPS) is 13.3. The van der Waals surface area contributed by atoms with E-state index in [0.29, 0.717) is 35.0 Å². The van der Waals surface area contributed by atoms with Gasteiger partial charge in [0.2, 0.25) is 0 Å². The van der Waals surface area contributed by atoms with Crippen LogP contribution in [0.2, 0.25) is 0 Å². The number of nitrogens with zero attached hydrogens (tertiary/aromatic N) is 1. The SMILES string of the molecule is CCOc1ccccc1OC(=O)c1ccc(NC2=C(Cl)C(=O)N(c3ccccc3C)C2=O)cc1. The average molecular weight is 477 g/mol. The van der Waals surface area contributed by atoms with Gasteiger partial charge in [0.1, 0.15) is 10.7 Å². The number of amides is 2. The Morgan fingerprint density at radius 3 is 2.24 bits per heavy atom. The highest BCUT2D eigenvalue weighted by Gasteiger charge is 2.39. The van der Waals surface area contributed by atoms with Crippen molar-refractivity contribution < 1.29 is 23.9 Å². The van der Waals surface area contributed by atoms with Gasteiger partial charge in [0.25, 0.3) is 11.8 Å². The zero-order valence-corrected chi connectivity index (χ0v) is 19.3. The maximum atomic E-state index is 13.0. The van der Waals surface area contributed by atoms with E-state index in [1.54, 1.807) is 73.7 Å². The number of hydrogen-bond acceptors (Lipinski definition) is 6. The Morgan fingerprint density at radius 1 is 0.912 bits per heavy atom. The van der Waals surface area contributed by atoms with Gasteiger partial charge in [-0.1, -0.05) is 41.9 Å². The minimum atomic E-state index is -0.600. The molecule has 2 amide bonds. The summed E-state index contributed by atoms with van der Waals surface area (Å²) in [6.07, 6.45) is 0. The largest absolute Gasteiger partial charge is 0.490 e. The summed E-state index contributed by atoms with van der Waals surface area (Å²) >= 11 is 6.20. The van der Waals surface area contributed by atoms with Gasteiger partial charge in [0, 0.05) is 5.69 Å². The van der Waals surface area contributed by atoms with Crippen LogP contribution in [0.15, 0.2) is 83.5 Å². The van der Waals surface area contributed by atoms with E-state index >= 15 is 0 Å². The number of carbonyl (C=O) groups is 3.